The zero-order chi connectivity index (χ0) is 13.4. The van der Waals surface area contributed by atoms with Crippen molar-refractivity contribution in [3.63, 3.8) is 0 Å². The van der Waals surface area contributed by atoms with Gasteiger partial charge in [-0.3, -0.25) is 4.79 Å². The summed E-state index contributed by atoms with van der Waals surface area (Å²) in [6.45, 7) is 4.97. The van der Waals surface area contributed by atoms with Crippen LogP contribution in [0.3, 0.4) is 0 Å². The highest BCUT2D eigenvalue weighted by molar-refractivity contribution is 5.95. The summed E-state index contributed by atoms with van der Waals surface area (Å²) >= 11 is 0. The maximum atomic E-state index is 12.5. The van der Waals surface area contributed by atoms with E-state index in [1.165, 1.54) is 6.42 Å². The summed E-state index contributed by atoms with van der Waals surface area (Å²) in [5.74, 6) is 0.135. The van der Waals surface area contributed by atoms with E-state index in [1.807, 2.05) is 40.8 Å². The topological polar surface area (TPSA) is 37.6 Å². The minimum absolute atomic E-state index is 0.135. The molecule has 1 atom stereocenters. The van der Waals surface area contributed by atoms with Crippen molar-refractivity contribution in [3.05, 3.63) is 35.8 Å². The summed E-state index contributed by atoms with van der Waals surface area (Å²) in [4.78, 5) is 19.0. The molecule has 0 aromatic carbocycles. The van der Waals surface area contributed by atoms with Crippen molar-refractivity contribution in [2.75, 3.05) is 6.54 Å². The number of amides is 1. The summed E-state index contributed by atoms with van der Waals surface area (Å²) in [5, 5.41) is 0. The first-order chi connectivity index (χ1) is 9.15. The molecule has 0 saturated carbocycles. The van der Waals surface area contributed by atoms with Gasteiger partial charge in [0.15, 0.2) is 0 Å². The lowest BCUT2D eigenvalue weighted by Crippen LogP contribution is -2.42. The SMILES string of the molecule is Cc1cn2ccc(C(=O)N3CCCCC3C)cc2n1. The molecule has 3 heterocycles. The van der Waals surface area contributed by atoms with Gasteiger partial charge in [-0.2, -0.15) is 0 Å². The molecule has 1 unspecified atom stereocenters. The Balaban J connectivity index is 1.92. The van der Waals surface area contributed by atoms with E-state index in [0.29, 0.717) is 6.04 Å². The van der Waals surface area contributed by atoms with Crippen LogP contribution in [-0.2, 0) is 0 Å². The van der Waals surface area contributed by atoms with Crippen LogP contribution in [0, 0.1) is 6.92 Å². The molecule has 2 aromatic rings. The first-order valence-corrected chi connectivity index (χ1v) is 6.91. The molecule has 2 aromatic heterocycles. The molecule has 1 amide bonds. The molecule has 4 heteroatoms. The molecule has 100 valence electrons. The lowest BCUT2D eigenvalue weighted by atomic mass is 10.0. The number of piperidine rings is 1. The second-order valence-corrected chi connectivity index (χ2v) is 5.41. The average molecular weight is 257 g/mol. The lowest BCUT2D eigenvalue weighted by molar-refractivity contribution is 0.0635. The summed E-state index contributed by atoms with van der Waals surface area (Å²) in [6, 6.07) is 4.12. The number of nitrogens with zero attached hydrogens (tertiary/aromatic N) is 3. The van der Waals surface area contributed by atoms with Crippen LogP contribution in [0.2, 0.25) is 0 Å². The number of carbonyl (C=O) groups excluding carboxylic acids is 1. The van der Waals surface area contributed by atoms with E-state index in [4.69, 9.17) is 0 Å². The molecule has 1 fully saturated rings. The molecule has 0 spiro atoms. The maximum absolute atomic E-state index is 12.5. The number of pyridine rings is 1. The molecule has 4 nitrogen and oxygen atoms in total. The number of imidazole rings is 1. The lowest BCUT2D eigenvalue weighted by Gasteiger charge is -2.33. The highest BCUT2D eigenvalue weighted by Gasteiger charge is 2.24. The Hall–Kier alpha value is -1.84. The van der Waals surface area contributed by atoms with Gasteiger partial charge in [0, 0.05) is 30.5 Å². The Labute approximate surface area is 113 Å². The average Bonchev–Trinajstić information content (AvgIpc) is 2.77. The number of aromatic nitrogens is 2. The molecule has 1 aliphatic rings. The fraction of sp³-hybridized carbons (Fsp3) is 0.467. The predicted molar refractivity (Wildman–Crippen MR) is 74.3 cm³/mol. The molecular weight excluding hydrogens is 238 g/mol. The molecular formula is C15H19N3O. The van der Waals surface area contributed by atoms with E-state index < -0.39 is 0 Å². The van der Waals surface area contributed by atoms with E-state index >= 15 is 0 Å². The number of aryl methyl sites for hydroxylation is 1. The van der Waals surface area contributed by atoms with Gasteiger partial charge < -0.3 is 9.30 Å². The van der Waals surface area contributed by atoms with Gasteiger partial charge >= 0.3 is 0 Å². The highest BCUT2D eigenvalue weighted by Crippen LogP contribution is 2.19. The van der Waals surface area contributed by atoms with E-state index in [0.717, 1.165) is 36.3 Å². The fourth-order valence-corrected chi connectivity index (χ4v) is 2.81. The predicted octanol–water partition coefficient (Wildman–Crippen LogP) is 2.66. The smallest absolute Gasteiger partial charge is 0.254 e. The van der Waals surface area contributed by atoms with Crippen molar-refractivity contribution in [3.8, 4) is 0 Å². The van der Waals surface area contributed by atoms with Crippen molar-refractivity contribution in [1.29, 1.82) is 0 Å². The minimum atomic E-state index is 0.135. The summed E-state index contributed by atoms with van der Waals surface area (Å²) in [6.07, 6.45) is 7.32. The normalized spacial score (nSPS) is 19.9. The van der Waals surface area contributed by atoms with Crippen LogP contribution in [0.1, 0.15) is 42.2 Å². The zero-order valence-electron chi connectivity index (χ0n) is 11.5. The highest BCUT2D eigenvalue weighted by atomic mass is 16.2. The third kappa shape index (κ3) is 2.23. The van der Waals surface area contributed by atoms with Crippen LogP contribution in [0.15, 0.2) is 24.5 Å². The van der Waals surface area contributed by atoms with E-state index in [2.05, 4.69) is 11.9 Å². The molecule has 19 heavy (non-hydrogen) atoms. The third-order valence-corrected chi connectivity index (χ3v) is 3.89. The monoisotopic (exact) mass is 257 g/mol. The first kappa shape index (κ1) is 12.2. The number of fused-ring (bicyclic) bond motifs is 1. The van der Waals surface area contributed by atoms with Gasteiger partial charge in [-0.1, -0.05) is 0 Å². The number of rotatable bonds is 1. The van der Waals surface area contributed by atoms with Crippen LogP contribution < -0.4 is 0 Å². The van der Waals surface area contributed by atoms with Gasteiger partial charge in [0.25, 0.3) is 5.91 Å². The summed E-state index contributed by atoms with van der Waals surface area (Å²) < 4.78 is 1.95. The minimum Gasteiger partial charge on any atom is -0.336 e. The Bertz CT molecular complexity index is 617. The second-order valence-electron chi connectivity index (χ2n) is 5.41. The van der Waals surface area contributed by atoms with Gasteiger partial charge in [0.1, 0.15) is 5.65 Å². The van der Waals surface area contributed by atoms with Gasteiger partial charge in [-0.25, -0.2) is 4.98 Å². The van der Waals surface area contributed by atoms with Gasteiger partial charge in [0.2, 0.25) is 0 Å². The van der Waals surface area contributed by atoms with Crippen LogP contribution >= 0.6 is 0 Å². The van der Waals surface area contributed by atoms with Crippen LogP contribution in [0.25, 0.3) is 5.65 Å². The molecule has 0 N–H and O–H groups in total. The Morgan fingerprint density at radius 1 is 1.42 bits per heavy atom. The maximum Gasteiger partial charge on any atom is 0.254 e. The summed E-state index contributed by atoms with van der Waals surface area (Å²) in [7, 11) is 0. The van der Waals surface area contributed by atoms with Gasteiger partial charge in [-0.05, 0) is 45.2 Å². The molecule has 0 radical (unpaired) electrons. The summed E-state index contributed by atoms with van der Waals surface area (Å²) in [5.41, 5.74) is 2.55. The van der Waals surface area contributed by atoms with Crippen LogP contribution in [0.5, 0.6) is 0 Å². The Morgan fingerprint density at radius 3 is 3.05 bits per heavy atom. The molecule has 1 saturated heterocycles. The molecule has 1 aliphatic heterocycles. The van der Waals surface area contributed by atoms with Gasteiger partial charge in [-0.15, -0.1) is 0 Å². The Kier molecular flexibility index (Phi) is 3.01. The first-order valence-electron chi connectivity index (χ1n) is 6.91. The largest absolute Gasteiger partial charge is 0.336 e. The number of carbonyl (C=O) groups is 1. The van der Waals surface area contributed by atoms with E-state index in [1.54, 1.807) is 0 Å². The number of hydrogen-bond donors (Lipinski definition) is 0. The van der Waals surface area contributed by atoms with Crippen molar-refractivity contribution in [2.45, 2.75) is 39.2 Å². The standard InChI is InChI=1S/C15H19N3O/c1-11-10-17-8-6-13(9-14(17)16-11)15(19)18-7-4-3-5-12(18)2/h6,8-10,12H,3-5,7H2,1-2H3. The van der Waals surface area contributed by atoms with E-state index in [-0.39, 0.29) is 5.91 Å². The van der Waals surface area contributed by atoms with Crippen LogP contribution in [-0.4, -0.2) is 32.8 Å². The van der Waals surface area contributed by atoms with Crippen LogP contribution in [0.4, 0.5) is 0 Å². The quantitative estimate of drug-likeness (QED) is 0.787. The van der Waals surface area contributed by atoms with Crippen molar-refractivity contribution in [2.24, 2.45) is 0 Å². The van der Waals surface area contributed by atoms with Gasteiger partial charge in [0.05, 0.1) is 5.69 Å². The molecule has 3 rings (SSSR count). The van der Waals surface area contributed by atoms with Crippen molar-refractivity contribution < 1.29 is 4.79 Å². The van der Waals surface area contributed by atoms with E-state index in [9.17, 15) is 4.79 Å². The fourth-order valence-electron chi connectivity index (χ4n) is 2.81. The molecule has 0 bridgehead atoms. The third-order valence-electron chi connectivity index (χ3n) is 3.89. The molecule has 0 aliphatic carbocycles. The zero-order valence-corrected chi connectivity index (χ0v) is 11.5. The van der Waals surface area contributed by atoms with Crippen molar-refractivity contribution >= 4 is 11.6 Å². The number of likely N-dealkylation sites (tertiary alicyclic amines) is 1. The second kappa shape index (κ2) is 4.68. The number of hydrogen-bond acceptors (Lipinski definition) is 2. The Morgan fingerprint density at radius 2 is 2.26 bits per heavy atom. The van der Waals surface area contributed by atoms with Crippen molar-refractivity contribution in [1.82, 2.24) is 14.3 Å².